The third-order valence-electron chi connectivity index (χ3n) is 5.63. The fourth-order valence-corrected chi connectivity index (χ4v) is 5.31. The summed E-state index contributed by atoms with van der Waals surface area (Å²) in [5.74, 6) is -0.611. The Morgan fingerprint density at radius 3 is 2.76 bits per heavy atom. The molecule has 5 heterocycles. The highest BCUT2D eigenvalue weighted by Gasteiger charge is 2.43. The van der Waals surface area contributed by atoms with Gasteiger partial charge in [0.15, 0.2) is 0 Å². The molecule has 8 heteroatoms. The number of carbonyl (C=O) groups excluding carboxylic acids is 1. The van der Waals surface area contributed by atoms with Crippen molar-refractivity contribution in [1.29, 1.82) is 0 Å². The monoisotopic (exact) mass is 410 g/mol. The molecule has 1 saturated heterocycles. The van der Waals surface area contributed by atoms with Crippen molar-refractivity contribution in [2.75, 3.05) is 19.7 Å². The minimum absolute atomic E-state index is 0.165. The Morgan fingerprint density at radius 2 is 2.03 bits per heavy atom. The molecule has 2 aliphatic rings. The zero-order valence-corrected chi connectivity index (χ0v) is 16.5. The third-order valence-corrected chi connectivity index (χ3v) is 6.85. The number of rotatable bonds is 2. The van der Waals surface area contributed by atoms with Crippen molar-refractivity contribution in [2.45, 2.75) is 24.9 Å². The average molecular weight is 410 g/mol. The number of nitrogens with zero attached hydrogens (tertiary/aromatic N) is 4. The van der Waals surface area contributed by atoms with Crippen LogP contribution in [-0.4, -0.2) is 45.5 Å². The molecule has 0 radical (unpaired) electrons. The second-order valence-corrected chi connectivity index (χ2v) is 8.42. The number of pyridine rings is 1. The molecule has 0 N–H and O–H groups in total. The minimum Gasteiger partial charge on any atom is -0.370 e. The second-order valence-electron chi connectivity index (χ2n) is 7.28. The van der Waals surface area contributed by atoms with Gasteiger partial charge in [0, 0.05) is 36.8 Å². The van der Waals surface area contributed by atoms with E-state index < -0.39 is 5.82 Å². The maximum absolute atomic E-state index is 13.1. The summed E-state index contributed by atoms with van der Waals surface area (Å²) in [5.41, 5.74) is 2.00. The van der Waals surface area contributed by atoms with Crippen LogP contribution in [0.5, 0.6) is 0 Å². The van der Waals surface area contributed by atoms with Crippen molar-refractivity contribution in [3.63, 3.8) is 0 Å². The van der Waals surface area contributed by atoms with E-state index in [1.165, 1.54) is 22.6 Å². The lowest BCUT2D eigenvalue weighted by Gasteiger charge is -2.44. The van der Waals surface area contributed by atoms with Gasteiger partial charge in [-0.15, -0.1) is 11.3 Å². The highest BCUT2D eigenvalue weighted by atomic mass is 32.1. The number of likely N-dealkylation sites (tertiary alicyclic amines) is 1. The number of aromatic nitrogens is 3. The molecule has 0 saturated carbocycles. The van der Waals surface area contributed by atoms with Crippen LogP contribution in [-0.2, 0) is 16.8 Å². The van der Waals surface area contributed by atoms with Gasteiger partial charge in [-0.05, 0) is 36.6 Å². The van der Waals surface area contributed by atoms with Gasteiger partial charge in [-0.2, -0.15) is 0 Å². The van der Waals surface area contributed by atoms with Crippen molar-refractivity contribution >= 4 is 17.2 Å². The first-order valence-electron chi connectivity index (χ1n) is 9.59. The van der Waals surface area contributed by atoms with Gasteiger partial charge < -0.3 is 9.64 Å². The van der Waals surface area contributed by atoms with Gasteiger partial charge in [0.1, 0.15) is 11.5 Å². The van der Waals surface area contributed by atoms with Crippen LogP contribution in [0.1, 0.15) is 33.8 Å². The molecule has 1 spiro atoms. The van der Waals surface area contributed by atoms with Gasteiger partial charge in [0.25, 0.3) is 5.91 Å². The van der Waals surface area contributed by atoms with E-state index in [4.69, 9.17) is 4.74 Å². The summed E-state index contributed by atoms with van der Waals surface area (Å²) in [5, 5.41) is 0. The van der Waals surface area contributed by atoms with E-state index in [0.717, 1.165) is 36.0 Å². The van der Waals surface area contributed by atoms with E-state index in [-0.39, 0.29) is 17.2 Å². The molecular formula is C21H19FN4O2S. The number of thiophene rings is 1. The fraction of sp³-hybridized carbons (Fsp3) is 0.333. The van der Waals surface area contributed by atoms with Crippen LogP contribution in [0.4, 0.5) is 4.39 Å². The first-order valence-corrected chi connectivity index (χ1v) is 10.4. The molecule has 1 fully saturated rings. The van der Waals surface area contributed by atoms with Crippen molar-refractivity contribution in [1.82, 2.24) is 19.9 Å². The SMILES string of the molecule is O=C(c1ccc(F)cn1)N1CCC2(CC1)OCCc1sc(-c3cnccn3)cc12. The maximum Gasteiger partial charge on any atom is 0.272 e. The Hall–Kier alpha value is -2.71. The van der Waals surface area contributed by atoms with Gasteiger partial charge in [-0.3, -0.25) is 14.8 Å². The van der Waals surface area contributed by atoms with Crippen molar-refractivity contribution in [3.8, 4) is 10.6 Å². The fourth-order valence-electron chi connectivity index (χ4n) is 4.12. The quantitative estimate of drug-likeness (QED) is 0.647. The molecule has 3 aromatic rings. The molecule has 0 aromatic carbocycles. The Bertz CT molecular complexity index is 1030. The smallest absolute Gasteiger partial charge is 0.272 e. The summed E-state index contributed by atoms with van der Waals surface area (Å²) in [6.45, 7) is 1.84. The molecule has 1 amide bonds. The molecule has 29 heavy (non-hydrogen) atoms. The van der Waals surface area contributed by atoms with Gasteiger partial charge in [0.05, 0.1) is 35.2 Å². The first kappa shape index (κ1) is 18.3. The van der Waals surface area contributed by atoms with Crippen LogP contribution in [0.2, 0.25) is 0 Å². The molecule has 148 valence electrons. The molecule has 3 aromatic heterocycles. The number of amides is 1. The largest absolute Gasteiger partial charge is 0.370 e. The normalized spacial score (nSPS) is 17.9. The number of ether oxygens (including phenoxy) is 1. The van der Waals surface area contributed by atoms with Gasteiger partial charge in [0.2, 0.25) is 0 Å². The first-order chi connectivity index (χ1) is 14.1. The van der Waals surface area contributed by atoms with E-state index in [1.54, 1.807) is 34.8 Å². The van der Waals surface area contributed by atoms with E-state index >= 15 is 0 Å². The van der Waals surface area contributed by atoms with Gasteiger partial charge in [-0.1, -0.05) is 0 Å². The number of hydrogen-bond acceptors (Lipinski definition) is 6. The molecule has 5 rings (SSSR count). The minimum atomic E-state index is -0.446. The predicted molar refractivity (Wildman–Crippen MR) is 106 cm³/mol. The van der Waals surface area contributed by atoms with Crippen molar-refractivity contribution in [3.05, 3.63) is 64.9 Å². The summed E-state index contributed by atoms with van der Waals surface area (Å²) in [7, 11) is 0. The Labute approximate surface area is 171 Å². The lowest BCUT2D eigenvalue weighted by Crippen LogP contribution is -2.48. The van der Waals surface area contributed by atoms with E-state index in [1.807, 2.05) is 0 Å². The predicted octanol–water partition coefficient (Wildman–Crippen LogP) is 3.44. The lowest BCUT2D eigenvalue weighted by atomic mass is 9.82. The highest BCUT2D eigenvalue weighted by molar-refractivity contribution is 7.15. The summed E-state index contributed by atoms with van der Waals surface area (Å²) in [6.07, 6.45) is 8.58. The van der Waals surface area contributed by atoms with E-state index in [9.17, 15) is 9.18 Å². The highest BCUT2D eigenvalue weighted by Crippen LogP contribution is 2.46. The Kier molecular flexibility index (Phi) is 4.60. The van der Waals surface area contributed by atoms with Crippen LogP contribution < -0.4 is 0 Å². The summed E-state index contributed by atoms with van der Waals surface area (Å²) in [6, 6.07) is 4.88. The third kappa shape index (κ3) is 3.32. The molecule has 0 unspecified atom stereocenters. The van der Waals surface area contributed by atoms with E-state index in [2.05, 4.69) is 21.0 Å². The molecule has 0 bridgehead atoms. The molecule has 0 aliphatic carbocycles. The number of hydrogen-bond donors (Lipinski definition) is 0. The van der Waals surface area contributed by atoms with Gasteiger partial charge in [-0.25, -0.2) is 9.37 Å². The number of carbonyl (C=O) groups is 1. The number of halogens is 1. The van der Waals surface area contributed by atoms with Gasteiger partial charge >= 0.3 is 0 Å². The van der Waals surface area contributed by atoms with Crippen molar-refractivity contribution in [2.24, 2.45) is 0 Å². The maximum atomic E-state index is 13.1. The Balaban J connectivity index is 1.37. The van der Waals surface area contributed by atoms with Crippen LogP contribution >= 0.6 is 11.3 Å². The van der Waals surface area contributed by atoms with Crippen LogP contribution in [0.3, 0.4) is 0 Å². The topological polar surface area (TPSA) is 68.2 Å². The second kappa shape index (κ2) is 7.27. The van der Waals surface area contributed by atoms with Crippen molar-refractivity contribution < 1.29 is 13.9 Å². The molecule has 0 atom stereocenters. The van der Waals surface area contributed by atoms with Crippen LogP contribution in [0.25, 0.3) is 10.6 Å². The molecular weight excluding hydrogens is 391 g/mol. The summed E-state index contributed by atoms with van der Waals surface area (Å²) < 4.78 is 19.4. The molecule has 6 nitrogen and oxygen atoms in total. The summed E-state index contributed by atoms with van der Waals surface area (Å²) in [4.78, 5) is 29.4. The zero-order valence-electron chi connectivity index (χ0n) is 15.7. The lowest BCUT2D eigenvalue weighted by molar-refractivity contribution is -0.0926. The number of fused-ring (bicyclic) bond motifs is 2. The molecule has 2 aliphatic heterocycles. The zero-order chi connectivity index (χ0) is 19.8. The standard InChI is InChI=1S/C21H19FN4O2S/c22-14-1-2-16(25-12-14)20(27)26-8-4-21(5-9-26)15-11-19(17-13-23-6-7-24-17)29-18(15)3-10-28-21/h1-2,6-7,11-13H,3-5,8-10H2. The van der Waals surface area contributed by atoms with E-state index in [0.29, 0.717) is 19.7 Å². The van der Waals surface area contributed by atoms with Crippen LogP contribution in [0, 0.1) is 5.82 Å². The number of piperidine rings is 1. The van der Waals surface area contributed by atoms with Crippen LogP contribution in [0.15, 0.2) is 43.0 Å². The Morgan fingerprint density at radius 1 is 1.17 bits per heavy atom. The summed E-state index contributed by atoms with van der Waals surface area (Å²) >= 11 is 1.75. The average Bonchev–Trinajstić information content (AvgIpc) is 3.21.